The van der Waals surface area contributed by atoms with E-state index in [1.165, 1.54) is 13.0 Å². The van der Waals surface area contributed by atoms with E-state index < -0.39 is 34.2 Å². The number of aliphatic hydroxyl groups excluding tert-OH is 1. The number of alkyl halides is 3. The van der Waals surface area contributed by atoms with Crippen molar-refractivity contribution in [3.63, 3.8) is 0 Å². The summed E-state index contributed by atoms with van der Waals surface area (Å²) in [5.41, 5.74) is 2.57. The van der Waals surface area contributed by atoms with Crippen molar-refractivity contribution in [1.29, 1.82) is 0 Å². The Labute approximate surface area is 232 Å². The topological polar surface area (TPSA) is 109 Å². The molecule has 214 valence electrons. The Morgan fingerprint density at radius 2 is 1.88 bits per heavy atom. The van der Waals surface area contributed by atoms with Crippen LogP contribution in [0.25, 0.3) is 22.2 Å². The molecule has 3 aromatic rings. The fraction of sp³-hybridized carbons (Fsp3) is 0.519. The molecule has 2 bridgehead atoms. The minimum Gasteiger partial charge on any atom is -0.463 e. The highest BCUT2D eigenvalue weighted by atomic mass is 35.5. The van der Waals surface area contributed by atoms with E-state index in [0.717, 1.165) is 38.2 Å². The minimum atomic E-state index is -4.84. The number of aryl methyl sites for hydroxylation is 1. The van der Waals surface area contributed by atoms with Crippen LogP contribution < -0.4 is 20.7 Å². The lowest BCUT2D eigenvalue weighted by Gasteiger charge is -2.39. The number of nitrogen functional groups attached to an aromatic ring is 1. The summed E-state index contributed by atoms with van der Waals surface area (Å²) >= 11 is 6.52. The van der Waals surface area contributed by atoms with Gasteiger partial charge in [0.15, 0.2) is 5.82 Å². The van der Waals surface area contributed by atoms with Crippen LogP contribution in [0.15, 0.2) is 12.1 Å². The third kappa shape index (κ3) is 4.69. The second-order valence-corrected chi connectivity index (χ2v) is 11.6. The van der Waals surface area contributed by atoms with Gasteiger partial charge in [-0.15, -0.1) is 0 Å². The molecule has 8 nitrogen and oxygen atoms in total. The van der Waals surface area contributed by atoms with Gasteiger partial charge in [0.1, 0.15) is 17.2 Å². The second kappa shape index (κ2) is 9.85. The number of benzene rings is 1. The summed E-state index contributed by atoms with van der Waals surface area (Å²) in [5.74, 6) is -0.877. The number of piperazine rings is 1. The zero-order valence-corrected chi connectivity index (χ0v) is 22.5. The first-order valence-electron chi connectivity index (χ1n) is 13.3. The van der Waals surface area contributed by atoms with Crippen LogP contribution in [-0.2, 0) is 6.18 Å². The molecule has 4 heterocycles. The number of aromatic nitrogens is 3. The molecule has 1 aliphatic carbocycles. The molecule has 4 N–H and O–H groups in total. The second-order valence-electron chi connectivity index (χ2n) is 11.2. The van der Waals surface area contributed by atoms with Crippen LogP contribution >= 0.6 is 11.6 Å². The van der Waals surface area contributed by atoms with Crippen molar-refractivity contribution in [3.05, 3.63) is 34.1 Å². The summed E-state index contributed by atoms with van der Waals surface area (Å²) in [6.45, 7) is 2.52. The lowest BCUT2D eigenvalue weighted by molar-refractivity contribution is -0.137. The first-order chi connectivity index (χ1) is 19.0. The summed E-state index contributed by atoms with van der Waals surface area (Å²) in [6.07, 6.45) is -0.335. The van der Waals surface area contributed by atoms with Gasteiger partial charge in [-0.3, -0.25) is 0 Å². The van der Waals surface area contributed by atoms with Gasteiger partial charge in [-0.25, -0.2) is 9.37 Å². The number of ether oxygens (including phenoxy) is 1. The molecule has 2 atom stereocenters. The number of nitrogens with two attached hydrogens (primary N) is 1. The predicted molar refractivity (Wildman–Crippen MR) is 143 cm³/mol. The summed E-state index contributed by atoms with van der Waals surface area (Å²) < 4.78 is 64.7. The average Bonchev–Trinajstić information content (AvgIpc) is 3.19. The van der Waals surface area contributed by atoms with Gasteiger partial charge in [-0.05, 0) is 50.3 Å². The molecule has 1 saturated carbocycles. The fourth-order valence-corrected chi connectivity index (χ4v) is 6.41. The molecule has 0 spiro atoms. The monoisotopic (exact) mass is 580 g/mol. The molecule has 3 fully saturated rings. The SMILES string of the molecule is Cc1cc(N)nc(-c2c(Cl)cc3c(N4CC5CCC(C4)N5)nc(OCC4(CO)CCC4)nc3c2F)c1C(F)(F)F. The Kier molecular flexibility index (Phi) is 6.70. The number of halogens is 5. The van der Waals surface area contributed by atoms with E-state index in [1.54, 1.807) is 0 Å². The Hall–Kier alpha value is -2.96. The van der Waals surface area contributed by atoms with Crippen LogP contribution in [0.3, 0.4) is 0 Å². The van der Waals surface area contributed by atoms with Crippen LogP contribution in [0.2, 0.25) is 5.02 Å². The lowest BCUT2D eigenvalue weighted by atomic mass is 9.70. The number of nitrogens with one attached hydrogen (secondary N) is 1. The van der Waals surface area contributed by atoms with Gasteiger partial charge in [0, 0.05) is 36.0 Å². The number of hydrogen-bond acceptors (Lipinski definition) is 8. The van der Waals surface area contributed by atoms with Crippen molar-refractivity contribution in [1.82, 2.24) is 20.3 Å². The van der Waals surface area contributed by atoms with Gasteiger partial charge in [0.25, 0.3) is 0 Å². The molecule has 6 rings (SSSR count). The Morgan fingerprint density at radius 1 is 1.18 bits per heavy atom. The zero-order chi connectivity index (χ0) is 28.4. The number of hydrogen-bond donors (Lipinski definition) is 3. The molecular formula is C27H29ClF4N6O2. The largest absolute Gasteiger partial charge is 0.463 e. The molecule has 13 heteroatoms. The Balaban J connectivity index is 1.53. The van der Waals surface area contributed by atoms with Gasteiger partial charge in [-0.2, -0.15) is 23.1 Å². The molecule has 2 aliphatic heterocycles. The average molecular weight is 581 g/mol. The van der Waals surface area contributed by atoms with Gasteiger partial charge in [-0.1, -0.05) is 18.0 Å². The van der Waals surface area contributed by atoms with E-state index in [2.05, 4.69) is 20.3 Å². The molecule has 0 amide bonds. The Bertz CT molecular complexity index is 1460. The van der Waals surface area contributed by atoms with E-state index in [0.29, 0.717) is 18.9 Å². The third-order valence-electron chi connectivity index (χ3n) is 8.37. The molecular weight excluding hydrogens is 552 g/mol. The van der Waals surface area contributed by atoms with E-state index in [-0.39, 0.29) is 58.6 Å². The maximum absolute atomic E-state index is 16.4. The quantitative estimate of drug-likeness (QED) is 0.354. The van der Waals surface area contributed by atoms with Gasteiger partial charge >= 0.3 is 12.2 Å². The number of fused-ring (bicyclic) bond motifs is 3. The van der Waals surface area contributed by atoms with Crippen molar-refractivity contribution in [2.75, 3.05) is 36.9 Å². The lowest BCUT2D eigenvalue weighted by Crippen LogP contribution is -2.51. The highest BCUT2D eigenvalue weighted by molar-refractivity contribution is 6.34. The summed E-state index contributed by atoms with van der Waals surface area (Å²) in [4.78, 5) is 14.8. The third-order valence-corrected chi connectivity index (χ3v) is 8.67. The first kappa shape index (κ1) is 27.2. The van der Waals surface area contributed by atoms with Gasteiger partial charge in [0.05, 0.1) is 35.1 Å². The van der Waals surface area contributed by atoms with Crippen LogP contribution in [-0.4, -0.2) is 58.4 Å². The van der Waals surface area contributed by atoms with Crippen LogP contribution in [0.1, 0.15) is 43.2 Å². The molecule has 2 unspecified atom stereocenters. The fourth-order valence-electron chi connectivity index (χ4n) is 6.13. The standard InChI is InChI=1S/C27H29ClF4N6O2/c1-13-7-18(33)35-23(20(13)27(30,31)32)19-17(28)8-16-22(21(19)29)36-25(40-12-26(11-39)5-2-6-26)37-24(16)38-9-14-3-4-15(10-38)34-14/h7-8,14-15,34,39H,2-6,9-12H2,1H3,(H2,33,35). The van der Waals surface area contributed by atoms with E-state index in [1.807, 2.05) is 4.90 Å². The summed E-state index contributed by atoms with van der Waals surface area (Å²) in [5, 5.41) is 13.4. The normalized spacial score (nSPS) is 22.0. The number of pyridine rings is 1. The summed E-state index contributed by atoms with van der Waals surface area (Å²) in [7, 11) is 0. The maximum atomic E-state index is 16.4. The number of rotatable bonds is 6. The molecule has 3 aliphatic rings. The highest BCUT2D eigenvalue weighted by Gasteiger charge is 2.40. The summed E-state index contributed by atoms with van der Waals surface area (Å²) in [6, 6.07) is 2.82. The molecule has 40 heavy (non-hydrogen) atoms. The van der Waals surface area contributed by atoms with Crippen LogP contribution in [0.4, 0.5) is 29.2 Å². The first-order valence-corrected chi connectivity index (χ1v) is 13.6. The van der Waals surface area contributed by atoms with Crippen LogP contribution in [0.5, 0.6) is 6.01 Å². The predicted octanol–water partition coefficient (Wildman–Crippen LogP) is 4.88. The number of nitrogens with zero attached hydrogens (tertiary/aromatic N) is 4. The van der Waals surface area contributed by atoms with E-state index in [9.17, 15) is 18.3 Å². The van der Waals surface area contributed by atoms with Crippen molar-refractivity contribution in [2.45, 2.75) is 57.3 Å². The van der Waals surface area contributed by atoms with Gasteiger partial charge in [0.2, 0.25) is 0 Å². The molecule has 1 aromatic carbocycles. The highest BCUT2D eigenvalue weighted by Crippen LogP contribution is 2.45. The number of anilines is 2. The molecule has 2 saturated heterocycles. The molecule has 0 radical (unpaired) electrons. The minimum absolute atomic E-state index is 0.0661. The van der Waals surface area contributed by atoms with Crippen molar-refractivity contribution < 1.29 is 27.4 Å². The number of aliphatic hydroxyl groups is 1. The molecule has 2 aromatic heterocycles. The zero-order valence-electron chi connectivity index (χ0n) is 21.8. The van der Waals surface area contributed by atoms with Crippen molar-refractivity contribution in [3.8, 4) is 17.3 Å². The smallest absolute Gasteiger partial charge is 0.418 e. The van der Waals surface area contributed by atoms with Crippen LogP contribution in [0, 0.1) is 18.2 Å². The maximum Gasteiger partial charge on any atom is 0.418 e. The Morgan fingerprint density at radius 3 is 2.48 bits per heavy atom. The van der Waals surface area contributed by atoms with E-state index >= 15 is 4.39 Å². The van der Waals surface area contributed by atoms with Gasteiger partial charge < -0.3 is 25.8 Å². The van der Waals surface area contributed by atoms with E-state index in [4.69, 9.17) is 22.1 Å². The van der Waals surface area contributed by atoms with Crippen molar-refractivity contribution >= 4 is 34.1 Å². The van der Waals surface area contributed by atoms with Crippen molar-refractivity contribution in [2.24, 2.45) is 5.41 Å².